The van der Waals surface area contributed by atoms with Crippen molar-refractivity contribution in [2.24, 2.45) is 17.6 Å². The van der Waals surface area contributed by atoms with Gasteiger partial charge in [-0.15, -0.1) is 0 Å². The number of nitrogens with two attached hydrogens (primary N) is 1. The maximum atomic E-state index is 13.8. The van der Waals surface area contributed by atoms with Crippen molar-refractivity contribution in [2.75, 3.05) is 13.7 Å². The maximum Gasteiger partial charge on any atom is 0.416 e. The van der Waals surface area contributed by atoms with Crippen molar-refractivity contribution in [3.05, 3.63) is 70.7 Å². The number of nitrogens with one attached hydrogen (secondary N) is 2. The van der Waals surface area contributed by atoms with Gasteiger partial charge in [-0.3, -0.25) is 19.9 Å². The molecule has 220 valence electrons. The van der Waals surface area contributed by atoms with Gasteiger partial charge in [0.15, 0.2) is 5.96 Å². The number of rotatable bonds is 12. The molecule has 0 radical (unpaired) electrons. The predicted octanol–water partition coefficient (Wildman–Crippen LogP) is 4.67. The number of ether oxygens (including phenoxy) is 1. The highest BCUT2D eigenvalue weighted by Crippen LogP contribution is 2.39. The van der Waals surface area contributed by atoms with E-state index in [2.05, 4.69) is 19.2 Å². The molecule has 3 atom stereocenters. The second-order valence-corrected chi connectivity index (χ2v) is 11.9. The Hall–Kier alpha value is -3.43. The minimum absolute atomic E-state index is 0.0620. The molecule has 10 heteroatoms. The summed E-state index contributed by atoms with van der Waals surface area (Å²) in [6.45, 7) is 4.40. The normalized spacial score (nSPS) is 20.1. The first-order chi connectivity index (χ1) is 19.6. The number of halogens is 1. The third kappa shape index (κ3) is 6.90. The van der Waals surface area contributed by atoms with E-state index in [9.17, 15) is 14.4 Å². The number of imide groups is 1. The summed E-state index contributed by atoms with van der Waals surface area (Å²) in [4.78, 5) is 42.9. The van der Waals surface area contributed by atoms with E-state index in [-0.39, 0.29) is 30.1 Å². The zero-order valence-corrected chi connectivity index (χ0v) is 24.7. The molecule has 2 aromatic carbocycles. The van der Waals surface area contributed by atoms with Crippen LogP contribution in [0.4, 0.5) is 4.79 Å². The molecule has 1 saturated carbocycles. The first kappa shape index (κ1) is 30.5. The number of carbonyl (C=O) groups excluding carboxylic acids is 3. The van der Waals surface area contributed by atoms with Crippen molar-refractivity contribution in [3.63, 3.8) is 0 Å². The lowest BCUT2D eigenvalue weighted by Crippen LogP contribution is -2.53. The number of methoxy groups -OCH3 is 1. The van der Waals surface area contributed by atoms with Crippen LogP contribution in [0.3, 0.4) is 0 Å². The molecule has 0 unspecified atom stereocenters. The summed E-state index contributed by atoms with van der Waals surface area (Å²) in [5, 5.41) is 12.4. The summed E-state index contributed by atoms with van der Waals surface area (Å²) in [6.07, 6.45) is 2.78. The Kier molecular flexibility index (Phi) is 9.71. The van der Waals surface area contributed by atoms with E-state index >= 15 is 0 Å². The molecule has 2 aromatic rings. The molecule has 1 aliphatic carbocycles. The van der Waals surface area contributed by atoms with Gasteiger partial charge in [0, 0.05) is 17.6 Å². The van der Waals surface area contributed by atoms with Crippen molar-refractivity contribution in [1.29, 1.82) is 5.41 Å². The van der Waals surface area contributed by atoms with Gasteiger partial charge in [0.2, 0.25) is 5.91 Å². The first-order valence-corrected chi connectivity index (χ1v) is 14.6. The van der Waals surface area contributed by atoms with Gasteiger partial charge in [0.25, 0.3) is 5.91 Å². The molecule has 0 spiro atoms. The molecule has 1 saturated heterocycles. The van der Waals surface area contributed by atoms with E-state index < -0.39 is 29.6 Å². The SMILES string of the molecule is COC(=O)N(C(=O)[C@@H](N)Cc1cccc(Cl)c1)[C@H](CCCN1C(=N)N[C@](CC(C)C)(c2ccccc2)C1=O)C1CC1. The molecular weight excluding hydrogens is 542 g/mol. The van der Waals surface area contributed by atoms with Crippen LogP contribution >= 0.6 is 11.6 Å². The Balaban J connectivity index is 1.47. The highest BCUT2D eigenvalue weighted by molar-refractivity contribution is 6.30. The van der Waals surface area contributed by atoms with E-state index in [1.54, 1.807) is 18.2 Å². The van der Waals surface area contributed by atoms with Gasteiger partial charge in [-0.25, -0.2) is 9.69 Å². The van der Waals surface area contributed by atoms with Gasteiger partial charge in [-0.1, -0.05) is 67.9 Å². The molecule has 41 heavy (non-hydrogen) atoms. The minimum Gasteiger partial charge on any atom is -0.452 e. The Morgan fingerprint density at radius 1 is 1.20 bits per heavy atom. The predicted molar refractivity (Wildman–Crippen MR) is 158 cm³/mol. The number of nitrogens with zero attached hydrogens (tertiary/aromatic N) is 2. The van der Waals surface area contributed by atoms with E-state index in [4.69, 9.17) is 27.5 Å². The maximum absolute atomic E-state index is 13.8. The summed E-state index contributed by atoms with van der Waals surface area (Å²) in [5.41, 5.74) is 6.94. The zero-order valence-electron chi connectivity index (χ0n) is 23.9. The Morgan fingerprint density at radius 3 is 2.51 bits per heavy atom. The summed E-state index contributed by atoms with van der Waals surface area (Å²) >= 11 is 6.09. The van der Waals surface area contributed by atoms with Crippen LogP contribution in [0, 0.1) is 17.2 Å². The van der Waals surface area contributed by atoms with Crippen LogP contribution in [0.1, 0.15) is 57.1 Å². The van der Waals surface area contributed by atoms with Crippen LogP contribution in [0.2, 0.25) is 5.02 Å². The third-order valence-electron chi connectivity index (χ3n) is 7.84. The van der Waals surface area contributed by atoms with Crippen LogP contribution in [0.5, 0.6) is 0 Å². The number of hydrogen-bond acceptors (Lipinski definition) is 6. The van der Waals surface area contributed by atoms with Gasteiger partial charge < -0.3 is 15.8 Å². The summed E-state index contributed by atoms with van der Waals surface area (Å²) < 4.78 is 5.02. The molecule has 0 aromatic heterocycles. The molecule has 1 aliphatic heterocycles. The highest BCUT2D eigenvalue weighted by atomic mass is 35.5. The zero-order chi connectivity index (χ0) is 29.7. The third-order valence-corrected chi connectivity index (χ3v) is 8.08. The summed E-state index contributed by atoms with van der Waals surface area (Å²) in [5.74, 6) is -0.232. The molecule has 4 N–H and O–H groups in total. The Labute approximate surface area is 246 Å². The largest absolute Gasteiger partial charge is 0.452 e. The highest BCUT2D eigenvalue weighted by Gasteiger charge is 2.51. The molecule has 2 fully saturated rings. The molecule has 3 amide bonds. The van der Waals surface area contributed by atoms with Gasteiger partial charge in [-0.2, -0.15) is 0 Å². The van der Waals surface area contributed by atoms with Gasteiger partial charge in [0.05, 0.1) is 13.2 Å². The first-order valence-electron chi connectivity index (χ1n) is 14.2. The molecular formula is C31H40ClN5O4. The number of carbonyl (C=O) groups is 3. The van der Waals surface area contributed by atoms with Crippen molar-refractivity contribution in [3.8, 4) is 0 Å². The fourth-order valence-electron chi connectivity index (χ4n) is 5.84. The van der Waals surface area contributed by atoms with Crippen LogP contribution in [-0.4, -0.2) is 59.4 Å². The molecule has 1 heterocycles. The molecule has 4 rings (SSSR count). The van der Waals surface area contributed by atoms with Crippen molar-refractivity contribution in [2.45, 2.75) is 70.0 Å². The number of hydrogen-bond donors (Lipinski definition) is 3. The number of benzene rings is 2. The average Bonchev–Trinajstić information content (AvgIpc) is 3.75. The molecule has 9 nitrogen and oxygen atoms in total. The average molecular weight is 582 g/mol. The molecule has 2 aliphatic rings. The number of guanidine groups is 1. The fraction of sp³-hybridized carbons (Fsp3) is 0.484. The van der Waals surface area contributed by atoms with E-state index in [0.29, 0.717) is 30.8 Å². The second kappa shape index (κ2) is 13.0. The van der Waals surface area contributed by atoms with E-state index in [1.807, 2.05) is 36.4 Å². The quantitative estimate of drug-likeness (QED) is 0.334. The summed E-state index contributed by atoms with van der Waals surface area (Å²) in [6, 6.07) is 15.3. The van der Waals surface area contributed by atoms with E-state index in [0.717, 1.165) is 24.0 Å². The topological polar surface area (TPSA) is 129 Å². The van der Waals surface area contributed by atoms with Crippen molar-refractivity contribution < 1.29 is 19.1 Å². The van der Waals surface area contributed by atoms with Crippen LogP contribution in [-0.2, 0) is 26.3 Å². The van der Waals surface area contributed by atoms with Crippen LogP contribution < -0.4 is 11.1 Å². The van der Waals surface area contributed by atoms with Gasteiger partial charge in [0.1, 0.15) is 5.54 Å². The van der Waals surface area contributed by atoms with Crippen LogP contribution in [0.15, 0.2) is 54.6 Å². The lowest BCUT2D eigenvalue weighted by molar-refractivity contribution is -0.134. The fourth-order valence-corrected chi connectivity index (χ4v) is 6.05. The summed E-state index contributed by atoms with van der Waals surface area (Å²) in [7, 11) is 1.25. The smallest absolute Gasteiger partial charge is 0.416 e. The van der Waals surface area contributed by atoms with Crippen molar-refractivity contribution >= 4 is 35.5 Å². The van der Waals surface area contributed by atoms with Crippen molar-refractivity contribution in [1.82, 2.24) is 15.1 Å². The lowest BCUT2D eigenvalue weighted by atomic mass is 9.82. The van der Waals surface area contributed by atoms with Gasteiger partial charge >= 0.3 is 6.09 Å². The van der Waals surface area contributed by atoms with Gasteiger partial charge in [-0.05, 0) is 73.6 Å². The molecule has 0 bridgehead atoms. The second-order valence-electron chi connectivity index (χ2n) is 11.5. The monoisotopic (exact) mass is 581 g/mol. The Morgan fingerprint density at radius 2 is 1.90 bits per heavy atom. The number of amides is 3. The van der Waals surface area contributed by atoms with E-state index in [1.165, 1.54) is 16.9 Å². The van der Waals surface area contributed by atoms with Crippen LogP contribution in [0.25, 0.3) is 0 Å². The standard InChI is InChI=1S/C31H40ClN5O4/c1-20(2)19-31(23-10-5-4-6-11-23)28(39)36(29(34)35-31)16-8-13-26(22-14-15-22)37(30(40)41-3)27(38)25(33)18-21-9-7-12-24(32)17-21/h4-7,9-12,17,20,22,25-26H,8,13-16,18-19,33H2,1-3H3,(H2,34,35)/t25-,26+,31+/m0/s1. The lowest BCUT2D eigenvalue weighted by Gasteiger charge is -2.32. The minimum atomic E-state index is -0.997. The Bertz CT molecular complexity index is 1270.